The highest BCUT2D eigenvalue weighted by Gasteiger charge is 2.27. The zero-order valence-electron chi connectivity index (χ0n) is 12.7. The molecule has 0 radical (unpaired) electrons. The summed E-state index contributed by atoms with van der Waals surface area (Å²) < 4.78 is 10.8. The number of carbonyl (C=O) groups excluding carboxylic acids is 1. The van der Waals surface area contributed by atoms with Crippen molar-refractivity contribution in [3.05, 3.63) is 12.7 Å². The predicted octanol–water partition coefficient (Wildman–Crippen LogP) is 1.66. The standard InChI is InChI=1S/C15H25NO6/c1-2-9-21-10-11-7-5-3-4-6-8-12(11)22-15(20)16-13(17)14(18)19/h2,11-13,17H,1,3-10H2,(H,16,20)(H,18,19). The topological polar surface area (TPSA) is 105 Å². The molecule has 0 aliphatic heterocycles. The number of aliphatic hydroxyl groups is 1. The molecular formula is C15H25NO6. The van der Waals surface area contributed by atoms with Gasteiger partial charge in [0.2, 0.25) is 6.23 Å². The Morgan fingerprint density at radius 2 is 1.95 bits per heavy atom. The molecule has 3 unspecified atom stereocenters. The summed E-state index contributed by atoms with van der Waals surface area (Å²) in [6.07, 6.45) is 4.24. The summed E-state index contributed by atoms with van der Waals surface area (Å²) >= 11 is 0. The number of aliphatic hydroxyl groups excluding tert-OH is 1. The van der Waals surface area contributed by atoms with Crippen molar-refractivity contribution in [2.24, 2.45) is 5.92 Å². The lowest BCUT2D eigenvalue weighted by Gasteiger charge is -2.29. The Kier molecular flexibility index (Phi) is 8.54. The van der Waals surface area contributed by atoms with E-state index in [2.05, 4.69) is 6.58 Å². The zero-order chi connectivity index (χ0) is 16.4. The Hall–Kier alpha value is -1.60. The Bertz CT molecular complexity index is 373. The third-order valence-electron chi connectivity index (χ3n) is 3.65. The minimum Gasteiger partial charge on any atom is -0.478 e. The van der Waals surface area contributed by atoms with Crippen molar-refractivity contribution in [1.82, 2.24) is 5.32 Å². The van der Waals surface area contributed by atoms with Gasteiger partial charge in [0.1, 0.15) is 6.10 Å². The van der Waals surface area contributed by atoms with Crippen LogP contribution in [-0.2, 0) is 14.3 Å². The van der Waals surface area contributed by atoms with Gasteiger partial charge < -0.3 is 19.7 Å². The lowest BCUT2D eigenvalue weighted by atomic mass is 9.89. The van der Waals surface area contributed by atoms with Crippen molar-refractivity contribution in [2.75, 3.05) is 13.2 Å². The summed E-state index contributed by atoms with van der Waals surface area (Å²) in [4.78, 5) is 22.2. The van der Waals surface area contributed by atoms with Gasteiger partial charge in [-0.25, -0.2) is 9.59 Å². The highest BCUT2D eigenvalue weighted by Crippen LogP contribution is 2.25. The first kappa shape index (κ1) is 18.4. The molecule has 1 saturated carbocycles. The molecule has 0 spiro atoms. The molecular weight excluding hydrogens is 290 g/mol. The normalized spacial score (nSPS) is 23.7. The minimum absolute atomic E-state index is 0.0629. The van der Waals surface area contributed by atoms with Gasteiger partial charge in [0, 0.05) is 5.92 Å². The fourth-order valence-electron chi connectivity index (χ4n) is 2.52. The van der Waals surface area contributed by atoms with E-state index < -0.39 is 18.3 Å². The second-order valence-electron chi connectivity index (χ2n) is 5.41. The monoisotopic (exact) mass is 315 g/mol. The maximum Gasteiger partial charge on any atom is 0.409 e. The van der Waals surface area contributed by atoms with E-state index in [1.807, 2.05) is 5.32 Å². The van der Waals surface area contributed by atoms with Crippen molar-refractivity contribution in [3.63, 3.8) is 0 Å². The van der Waals surface area contributed by atoms with Crippen molar-refractivity contribution in [2.45, 2.75) is 50.9 Å². The molecule has 3 N–H and O–H groups in total. The Balaban J connectivity index is 2.56. The number of carboxylic acids is 1. The number of hydrogen-bond donors (Lipinski definition) is 3. The Labute approximate surface area is 130 Å². The first-order valence-corrected chi connectivity index (χ1v) is 7.61. The maximum atomic E-state index is 11.7. The summed E-state index contributed by atoms with van der Waals surface area (Å²) in [5.41, 5.74) is 0. The average molecular weight is 315 g/mol. The molecule has 1 aliphatic rings. The molecule has 1 aliphatic carbocycles. The summed E-state index contributed by atoms with van der Waals surface area (Å²) in [7, 11) is 0. The molecule has 0 aromatic carbocycles. The van der Waals surface area contributed by atoms with E-state index in [0.717, 1.165) is 32.1 Å². The fraction of sp³-hybridized carbons (Fsp3) is 0.733. The lowest BCUT2D eigenvalue weighted by Crippen LogP contribution is -2.43. The lowest BCUT2D eigenvalue weighted by molar-refractivity contribution is -0.148. The number of carboxylic acid groups (broad SMARTS) is 1. The first-order valence-electron chi connectivity index (χ1n) is 7.61. The van der Waals surface area contributed by atoms with Gasteiger partial charge in [-0.2, -0.15) is 0 Å². The van der Waals surface area contributed by atoms with Gasteiger partial charge in [-0.05, 0) is 19.3 Å². The zero-order valence-corrected chi connectivity index (χ0v) is 12.7. The van der Waals surface area contributed by atoms with Crippen molar-refractivity contribution < 1.29 is 29.3 Å². The van der Waals surface area contributed by atoms with E-state index in [4.69, 9.17) is 19.7 Å². The Morgan fingerprint density at radius 1 is 1.27 bits per heavy atom. The molecule has 0 aromatic heterocycles. The number of ether oxygens (including phenoxy) is 2. The van der Waals surface area contributed by atoms with E-state index >= 15 is 0 Å². The number of carbonyl (C=O) groups is 2. The second kappa shape index (κ2) is 10.2. The van der Waals surface area contributed by atoms with Crippen LogP contribution >= 0.6 is 0 Å². The summed E-state index contributed by atoms with van der Waals surface area (Å²) in [6.45, 7) is 4.49. The average Bonchev–Trinajstić information content (AvgIpc) is 2.44. The van der Waals surface area contributed by atoms with Crippen LogP contribution in [0.5, 0.6) is 0 Å². The highest BCUT2D eigenvalue weighted by atomic mass is 16.6. The van der Waals surface area contributed by atoms with Crippen LogP contribution in [0.4, 0.5) is 4.79 Å². The van der Waals surface area contributed by atoms with Gasteiger partial charge in [0.15, 0.2) is 0 Å². The van der Waals surface area contributed by atoms with Gasteiger partial charge in [-0.1, -0.05) is 25.3 Å². The SMILES string of the molecule is C=CCOCC1CCCCCCC1OC(=O)NC(O)C(=O)O. The molecule has 0 bridgehead atoms. The third-order valence-corrected chi connectivity index (χ3v) is 3.65. The Morgan fingerprint density at radius 3 is 2.59 bits per heavy atom. The van der Waals surface area contributed by atoms with E-state index in [0.29, 0.717) is 19.6 Å². The molecule has 7 heteroatoms. The summed E-state index contributed by atoms with van der Waals surface area (Å²) in [5, 5.41) is 19.6. The van der Waals surface area contributed by atoms with Crippen LogP contribution in [0.3, 0.4) is 0 Å². The predicted molar refractivity (Wildman–Crippen MR) is 79.3 cm³/mol. The van der Waals surface area contributed by atoms with Gasteiger partial charge in [-0.3, -0.25) is 5.32 Å². The molecule has 1 fully saturated rings. The molecule has 7 nitrogen and oxygen atoms in total. The molecule has 1 rings (SSSR count). The van der Waals surface area contributed by atoms with Crippen LogP contribution in [-0.4, -0.2) is 47.8 Å². The number of nitrogens with one attached hydrogen (secondary N) is 1. The van der Waals surface area contributed by atoms with Crippen LogP contribution < -0.4 is 5.32 Å². The van der Waals surface area contributed by atoms with Crippen LogP contribution in [0.2, 0.25) is 0 Å². The van der Waals surface area contributed by atoms with Crippen LogP contribution in [0.15, 0.2) is 12.7 Å². The first-order chi connectivity index (χ1) is 10.5. The van der Waals surface area contributed by atoms with Gasteiger partial charge in [-0.15, -0.1) is 6.58 Å². The van der Waals surface area contributed by atoms with Crippen molar-refractivity contribution in [1.29, 1.82) is 0 Å². The molecule has 3 atom stereocenters. The summed E-state index contributed by atoms with van der Waals surface area (Å²) in [5.74, 6) is -1.46. The fourth-order valence-corrected chi connectivity index (χ4v) is 2.52. The molecule has 0 heterocycles. The summed E-state index contributed by atoms with van der Waals surface area (Å²) in [6, 6.07) is 0. The number of rotatable bonds is 7. The number of amides is 1. The van der Waals surface area contributed by atoms with E-state index in [1.165, 1.54) is 0 Å². The number of alkyl carbamates (subject to hydrolysis) is 1. The van der Waals surface area contributed by atoms with Gasteiger partial charge in [0.05, 0.1) is 13.2 Å². The molecule has 1 amide bonds. The van der Waals surface area contributed by atoms with E-state index in [-0.39, 0.29) is 12.0 Å². The molecule has 0 saturated heterocycles. The van der Waals surface area contributed by atoms with Crippen LogP contribution in [0.1, 0.15) is 38.5 Å². The van der Waals surface area contributed by atoms with Crippen LogP contribution in [0.25, 0.3) is 0 Å². The van der Waals surface area contributed by atoms with Gasteiger partial charge >= 0.3 is 12.1 Å². The molecule has 22 heavy (non-hydrogen) atoms. The van der Waals surface area contributed by atoms with Crippen LogP contribution in [0, 0.1) is 5.92 Å². The molecule has 0 aromatic rings. The van der Waals surface area contributed by atoms with Gasteiger partial charge in [0.25, 0.3) is 0 Å². The quantitative estimate of drug-likeness (QED) is 0.375. The smallest absolute Gasteiger partial charge is 0.409 e. The molecule has 126 valence electrons. The number of hydrogen-bond acceptors (Lipinski definition) is 5. The van der Waals surface area contributed by atoms with Crippen molar-refractivity contribution >= 4 is 12.1 Å². The van der Waals surface area contributed by atoms with Crippen molar-refractivity contribution in [3.8, 4) is 0 Å². The van der Waals surface area contributed by atoms with E-state index in [1.54, 1.807) is 6.08 Å². The highest BCUT2D eigenvalue weighted by molar-refractivity contribution is 5.78. The third kappa shape index (κ3) is 6.91. The maximum absolute atomic E-state index is 11.7. The largest absolute Gasteiger partial charge is 0.478 e. The number of aliphatic carboxylic acids is 1. The second-order valence-corrected chi connectivity index (χ2v) is 5.41. The minimum atomic E-state index is -1.96. The van der Waals surface area contributed by atoms with E-state index in [9.17, 15) is 9.59 Å².